The Kier molecular flexibility index (Phi) is 4.58. The van der Waals surface area contributed by atoms with Crippen molar-refractivity contribution >= 4 is 21.8 Å². The summed E-state index contributed by atoms with van der Waals surface area (Å²) < 4.78 is 3.48. The highest BCUT2D eigenvalue weighted by Gasteiger charge is 2.18. The molecular formula is C28H20N4O. The summed E-state index contributed by atoms with van der Waals surface area (Å²) in [7, 11) is 0. The number of aromatic nitrogens is 4. The molecule has 0 unspecified atom stereocenters. The molecular weight excluding hydrogens is 408 g/mol. The fourth-order valence-electron chi connectivity index (χ4n) is 4.32. The van der Waals surface area contributed by atoms with Gasteiger partial charge in [-0.3, -0.25) is 9.36 Å². The summed E-state index contributed by atoms with van der Waals surface area (Å²) in [6.07, 6.45) is 2.14. The van der Waals surface area contributed by atoms with Gasteiger partial charge >= 0.3 is 0 Å². The topological polar surface area (TPSA) is 52.7 Å². The molecule has 5 heteroatoms. The largest absolute Gasteiger partial charge is 0.269 e. The Hall–Kier alpha value is -4.51. The zero-order valence-electron chi connectivity index (χ0n) is 17.8. The van der Waals surface area contributed by atoms with Gasteiger partial charge in [-0.25, -0.2) is 9.67 Å². The molecule has 0 aliphatic carbocycles. The van der Waals surface area contributed by atoms with E-state index in [2.05, 4.69) is 29.4 Å². The van der Waals surface area contributed by atoms with Crippen LogP contribution in [0.2, 0.25) is 0 Å². The van der Waals surface area contributed by atoms with Crippen LogP contribution >= 0.6 is 0 Å². The van der Waals surface area contributed by atoms with Crippen LogP contribution in [0.4, 0.5) is 0 Å². The Morgan fingerprint density at radius 1 is 0.697 bits per heavy atom. The van der Waals surface area contributed by atoms with Crippen molar-refractivity contribution in [3.8, 4) is 11.4 Å². The van der Waals surface area contributed by atoms with Gasteiger partial charge in [0.1, 0.15) is 11.2 Å². The molecule has 5 nitrogen and oxygen atoms in total. The maximum absolute atomic E-state index is 13.9. The van der Waals surface area contributed by atoms with Crippen LogP contribution < -0.4 is 5.56 Å². The molecule has 33 heavy (non-hydrogen) atoms. The molecule has 0 spiro atoms. The van der Waals surface area contributed by atoms with Gasteiger partial charge in [0, 0.05) is 11.8 Å². The van der Waals surface area contributed by atoms with Gasteiger partial charge in [0.25, 0.3) is 5.56 Å². The molecule has 0 fully saturated rings. The van der Waals surface area contributed by atoms with E-state index in [0.717, 1.165) is 27.7 Å². The first kappa shape index (κ1) is 19.2. The lowest BCUT2D eigenvalue weighted by atomic mass is 10.1. The molecule has 0 saturated heterocycles. The summed E-state index contributed by atoms with van der Waals surface area (Å²) in [5, 5.41) is 7.09. The second-order valence-electron chi connectivity index (χ2n) is 7.96. The van der Waals surface area contributed by atoms with Gasteiger partial charge in [-0.15, -0.1) is 0 Å². The van der Waals surface area contributed by atoms with Crippen LogP contribution in [-0.2, 0) is 6.42 Å². The van der Waals surface area contributed by atoms with E-state index in [0.29, 0.717) is 23.3 Å². The number of hydrogen-bond acceptors (Lipinski definition) is 3. The third kappa shape index (κ3) is 3.31. The van der Waals surface area contributed by atoms with Crippen LogP contribution in [0.25, 0.3) is 33.2 Å². The maximum Gasteiger partial charge on any atom is 0.269 e. The zero-order valence-corrected chi connectivity index (χ0v) is 17.8. The molecule has 6 aromatic rings. The highest BCUT2D eigenvalue weighted by atomic mass is 16.1. The minimum absolute atomic E-state index is 0.121. The van der Waals surface area contributed by atoms with Crippen LogP contribution in [-0.4, -0.2) is 19.3 Å². The number of nitrogens with zero attached hydrogens (tertiary/aromatic N) is 4. The third-order valence-electron chi connectivity index (χ3n) is 5.88. The average molecular weight is 428 g/mol. The van der Waals surface area contributed by atoms with Gasteiger partial charge in [-0.2, -0.15) is 5.10 Å². The lowest BCUT2D eigenvalue weighted by Crippen LogP contribution is -2.24. The molecule has 0 aliphatic rings. The van der Waals surface area contributed by atoms with Crippen molar-refractivity contribution in [1.82, 2.24) is 19.3 Å². The van der Waals surface area contributed by atoms with Crippen molar-refractivity contribution in [2.24, 2.45) is 0 Å². The third-order valence-corrected chi connectivity index (χ3v) is 5.88. The molecule has 2 heterocycles. The van der Waals surface area contributed by atoms with Gasteiger partial charge in [0.05, 0.1) is 17.6 Å². The van der Waals surface area contributed by atoms with E-state index in [1.54, 1.807) is 15.4 Å². The SMILES string of the molecule is O=c1c2cnn(-c3ccccc3)c2nc(Cc2ccccc2)n1-c1cccc2ccccc12. The number of fused-ring (bicyclic) bond motifs is 2. The second kappa shape index (κ2) is 7.88. The van der Waals surface area contributed by atoms with Crippen LogP contribution in [0.15, 0.2) is 114 Å². The molecule has 0 amide bonds. The van der Waals surface area contributed by atoms with Crippen LogP contribution in [0, 0.1) is 0 Å². The molecule has 4 aromatic carbocycles. The standard InChI is InChI=1S/C28H20N4O/c33-28-24-19-29-32(22-14-5-2-6-15-22)27(24)30-26(18-20-10-3-1-4-11-20)31(28)25-17-9-13-21-12-7-8-16-23(21)25/h1-17,19H,18H2. The molecule has 6 rings (SSSR count). The van der Waals surface area contributed by atoms with Crippen LogP contribution in [0.5, 0.6) is 0 Å². The van der Waals surface area contributed by atoms with E-state index in [4.69, 9.17) is 4.98 Å². The van der Waals surface area contributed by atoms with E-state index >= 15 is 0 Å². The van der Waals surface area contributed by atoms with Gasteiger partial charge in [0.2, 0.25) is 0 Å². The Morgan fingerprint density at radius 3 is 2.21 bits per heavy atom. The highest BCUT2D eigenvalue weighted by molar-refractivity contribution is 5.90. The first-order chi connectivity index (χ1) is 16.3. The van der Waals surface area contributed by atoms with Gasteiger partial charge < -0.3 is 0 Å². The van der Waals surface area contributed by atoms with Crippen molar-refractivity contribution in [3.63, 3.8) is 0 Å². The zero-order chi connectivity index (χ0) is 22.2. The molecule has 0 radical (unpaired) electrons. The number of benzene rings is 4. The summed E-state index contributed by atoms with van der Waals surface area (Å²) >= 11 is 0. The molecule has 0 bridgehead atoms. The summed E-state index contributed by atoms with van der Waals surface area (Å²) in [6, 6.07) is 34.0. The van der Waals surface area contributed by atoms with Crippen LogP contribution in [0.1, 0.15) is 11.4 Å². The van der Waals surface area contributed by atoms with E-state index in [-0.39, 0.29) is 5.56 Å². The van der Waals surface area contributed by atoms with Gasteiger partial charge in [0.15, 0.2) is 5.65 Å². The Balaban J connectivity index is 1.67. The first-order valence-corrected chi connectivity index (χ1v) is 10.9. The monoisotopic (exact) mass is 428 g/mol. The lowest BCUT2D eigenvalue weighted by molar-refractivity contribution is 0.833. The summed E-state index contributed by atoms with van der Waals surface area (Å²) in [5.41, 5.74) is 3.22. The Bertz CT molecular complexity index is 1650. The van der Waals surface area contributed by atoms with E-state index in [1.165, 1.54) is 0 Å². The molecule has 0 N–H and O–H groups in total. The fraction of sp³-hybridized carbons (Fsp3) is 0.0357. The van der Waals surface area contributed by atoms with Crippen molar-refractivity contribution in [2.75, 3.05) is 0 Å². The van der Waals surface area contributed by atoms with Gasteiger partial charge in [-0.1, -0.05) is 84.9 Å². The predicted molar refractivity (Wildman–Crippen MR) is 131 cm³/mol. The number of hydrogen-bond donors (Lipinski definition) is 0. The molecule has 2 aromatic heterocycles. The maximum atomic E-state index is 13.9. The smallest absolute Gasteiger partial charge is 0.268 e. The van der Waals surface area contributed by atoms with E-state index < -0.39 is 0 Å². The van der Waals surface area contributed by atoms with Crippen molar-refractivity contribution in [2.45, 2.75) is 6.42 Å². The van der Waals surface area contributed by atoms with E-state index in [1.807, 2.05) is 78.9 Å². The number of para-hydroxylation sites is 1. The second-order valence-corrected chi connectivity index (χ2v) is 7.96. The predicted octanol–water partition coefficient (Wildman–Crippen LogP) is 5.32. The Labute approximate surface area is 190 Å². The van der Waals surface area contributed by atoms with Crippen LogP contribution in [0.3, 0.4) is 0 Å². The summed E-state index contributed by atoms with van der Waals surface area (Å²) in [6.45, 7) is 0. The quantitative estimate of drug-likeness (QED) is 0.382. The molecule has 0 aliphatic heterocycles. The van der Waals surface area contributed by atoms with Gasteiger partial charge in [-0.05, 0) is 29.1 Å². The first-order valence-electron chi connectivity index (χ1n) is 10.9. The minimum atomic E-state index is -0.121. The minimum Gasteiger partial charge on any atom is -0.268 e. The van der Waals surface area contributed by atoms with Crippen molar-refractivity contribution < 1.29 is 0 Å². The Morgan fingerprint density at radius 2 is 1.39 bits per heavy atom. The molecule has 158 valence electrons. The lowest BCUT2D eigenvalue weighted by Gasteiger charge is -2.15. The van der Waals surface area contributed by atoms with Crippen molar-refractivity contribution in [1.29, 1.82) is 0 Å². The fourth-order valence-corrected chi connectivity index (χ4v) is 4.32. The normalized spacial score (nSPS) is 11.3. The summed E-state index contributed by atoms with van der Waals surface area (Å²) in [5.74, 6) is 0.674. The number of rotatable bonds is 4. The average Bonchev–Trinajstić information content (AvgIpc) is 3.30. The highest BCUT2D eigenvalue weighted by Crippen LogP contribution is 2.24. The summed E-state index contributed by atoms with van der Waals surface area (Å²) in [4.78, 5) is 18.9. The van der Waals surface area contributed by atoms with Crippen molar-refractivity contribution in [3.05, 3.63) is 131 Å². The molecule has 0 saturated carbocycles. The van der Waals surface area contributed by atoms with E-state index in [9.17, 15) is 4.79 Å². The molecule has 0 atom stereocenters.